The highest BCUT2D eigenvalue weighted by Crippen LogP contribution is 2.13. The van der Waals surface area contributed by atoms with Crippen LogP contribution < -0.4 is 11.5 Å². The highest BCUT2D eigenvalue weighted by atomic mass is 16.5. The van der Waals surface area contributed by atoms with Crippen molar-refractivity contribution in [2.45, 2.75) is 110 Å². The molecule has 134 valence electrons. The second-order valence-corrected chi connectivity index (χ2v) is 7.15. The molecule has 1 unspecified atom stereocenters. The van der Waals surface area contributed by atoms with E-state index in [1.807, 2.05) is 0 Å². The Bertz CT molecular complexity index is 219. The van der Waals surface area contributed by atoms with Gasteiger partial charge in [-0.05, 0) is 31.6 Å². The molecule has 0 saturated heterocycles. The van der Waals surface area contributed by atoms with Gasteiger partial charge < -0.3 is 16.2 Å². The van der Waals surface area contributed by atoms with E-state index in [1.165, 1.54) is 57.8 Å². The van der Waals surface area contributed by atoms with E-state index < -0.39 is 0 Å². The summed E-state index contributed by atoms with van der Waals surface area (Å²) in [6.45, 7) is 7.70. The van der Waals surface area contributed by atoms with Crippen LogP contribution in [0.25, 0.3) is 0 Å². The summed E-state index contributed by atoms with van der Waals surface area (Å²) in [5, 5.41) is 0. The average Bonchev–Trinajstić information content (AvgIpc) is 2.47. The molecule has 0 radical (unpaired) electrons. The number of hydrogen-bond donors (Lipinski definition) is 2. The van der Waals surface area contributed by atoms with E-state index in [-0.39, 0.29) is 6.17 Å². The van der Waals surface area contributed by atoms with Gasteiger partial charge in [0.1, 0.15) is 0 Å². The van der Waals surface area contributed by atoms with E-state index in [4.69, 9.17) is 16.2 Å². The van der Waals surface area contributed by atoms with Crippen molar-refractivity contribution in [2.24, 2.45) is 17.4 Å². The number of hydrogen-bond acceptors (Lipinski definition) is 3. The molecule has 4 N–H and O–H groups in total. The molecule has 0 aromatic rings. The van der Waals surface area contributed by atoms with Crippen LogP contribution in [-0.2, 0) is 4.74 Å². The highest BCUT2D eigenvalue weighted by Gasteiger charge is 2.07. The molecule has 0 saturated carbocycles. The maximum absolute atomic E-state index is 5.91. The topological polar surface area (TPSA) is 61.3 Å². The summed E-state index contributed by atoms with van der Waals surface area (Å²) in [5.74, 6) is 0.868. The summed E-state index contributed by atoms with van der Waals surface area (Å²) in [6, 6.07) is 0. The fourth-order valence-electron chi connectivity index (χ4n) is 2.75. The van der Waals surface area contributed by atoms with Gasteiger partial charge in [0.05, 0.1) is 12.3 Å². The summed E-state index contributed by atoms with van der Waals surface area (Å²) >= 11 is 0. The van der Waals surface area contributed by atoms with Gasteiger partial charge in [-0.15, -0.1) is 0 Å². The highest BCUT2D eigenvalue weighted by molar-refractivity contribution is 4.60. The number of nitrogens with two attached hydrogens (primary N) is 2. The maximum atomic E-state index is 5.91. The third-order valence-electron chi connectivity index (χ3n) is 4.31. The number of rotatable bonds is 16. The predicted molar refractivity (Wildman–Crippen MR) is 97.8 cm³/mol. The Morgan fingerprint density at radius 2 is 1.27 bits per heavy atom. The number of unbranched alkanes of at least 4 members (excludes halogenated alkanes) is 7. The van der Waals surface area contributed by atoms with Crippen LogP contribution in [0.15, 0.2) is 0 Å². The largest absolute Gasteiger partial charge is 0.378 e. The molecule has 0 spiro atoms. The summed E-state index contributed by atoms with van der Waals surface area (Å²) in [5.41, 5.74) is 11.2. The van der Waals surface area contributed by atoms with Gasteiger partial charge in [-0.1, -0.05) is 72.1 Å². The molecule has 0 heterocycles. The monoisotopic (exact) mass is 314 g/mol. The minimum atomic E-state index is -0.196. The molecule has 0 amide bonds. The first kappa shape index (κ1) is 21.9. The zero-order valence-electron chi connectivity index (χ0n) is 15.5. The van der Waals surface area contributed by atoms with E-state index in [0.717, 1.165) is 31.8 Å². The van der Waals surface area contributed by atoms with Crippen LogP contribution in [0.4, 0.5) is 0 Å². The molecule has 0 aliphatic rings. The van der Waals surface area contributed by atoms with E-state index in [1.54, 1.807) is 0 Å². The minimum Gasteiger partial charge on any atom is -0.378 e. The Morgan fingerprint density at radius 3 is 1.77 bits per heavy atom. The Balaban J connectivity index is 3.24. The van der Waals surface area contributed by atoms with Crippen molar-refractivity contribution in [1.82, 2.24) is 0 Å². The van der Waals surface area contributed by atoms with Gasteiger partial charge in [0, 0.05) is 6.61 Å². The second kappa shape index (κ2) is 15.8. The van der Waals surface area contributed by atoms with Crippen molar-refractivity contribution in [3.8, 4) is 0 Å². The molecule has 0 aromatic carbocycles. The van der Waals surface area contributed by atoms with Crippen LogP contribution in [0.3, 0.4) is 0 Å². The fourth-order valence-corrected chi connectivity index (χ4v) is 2.75. The first-order valence-electron chi connectivity index (χ1n) is 9.69. The summed E-state index contributed by atoms with van der Waals surface area (Å²) in [6.07, 6.45) is 15.4. The average molecular weight is 315 g/mol. The molecular formula is C19H42N2O. The van der Waals surface area contributed by atoms with Gasteiger partial charge in [0.25, 0.3) is 0 Å². The van der Waals surface area contributed by atoms with Gasteiger partial charge >= 0.3 is 0 Å². The zero-order valence-corrected chi connectivity index (χ0v) is 15.5. The lowest BCUT2D eigenvalue weighted by molar-refractivity contribution is 0.0400. The smallest absolute Gasteiger partial charge is 0.0573 e. The Hall–Kier alpha value is -0.120. The molecule has 1 atom stereocenters. The number of ether oxygens (including phenoxy) is 1. The van der Waals surface area contributed by atoms with Gasteiger partial charge in [-0.3, -0.25) is 0 Å². The molecule has 3 nitrogen and oxygen atoms in total. The van der Waals surface area contributed by atoms with Crippen molar-refractivity contribution in [3.05, 3.63) is 0 Å². The first-order valence-corrected chi connectivity index (χ1v) is 9.69. The normalized spacial score (nSPS) is 13.2. The molecule has 0 fully saturated rings. The van der Waals surface area contributed by atoms with Crippen molar-refractivity contribution in [1.29, 1.82) is 0 Å². The summed E-state index contributed by atoms with van der Waals surface area (Å²) in [4.78, 5) is 0. The fraction of sp³-hybridized carbons (Fsp3) is 1.00. The van der Waals surface area contributed by atoms with Crippen LogP contribution in [0.1, 0.15) is 97.8 Å². The lowest BCUT2D eigenvalue weighted by Crippen LogP contribution is -2.31. The Labute approximate surface area is 139 Å². The van der Waals surface area contributed by atoms with Crippen LogP contribution in [0.5, 0.6) is 0 Å². The SMILES string of the molecule is CCC(CCC(N)N)OCCCCCCCCCCC(C)C. The Kier molecular flexibility index (Phi) is 15.7. The third-order valence-corrected chi connectivity index (χ3v) is 4.31. The van der Waals surface area contributed by atoms with Gasteiger partial charge in [0.2, 0.25) is 0 Å². The lowest BCUT2D eigenvalue weighted by Gasteiger charge is -2.17. The molecule has 3 heteroatoms. The van der Waals surface area contributed by atoms with Crippen LogP contribution in [-0.4, -0.2) is 18.9 Å². The van der Waals surface area contributed by atoms with E-state index in [9.17, 15) is 0 Å². The van der Waals surface area contributed by atoms with Crippen molar-refractivity contribution < 1.29 is 4.74 Å². The van der Waals surface area contributed by atoms with Crippen molar-refractivity contribution >= 4 is 0 Å². The van der Waals surface area contributed by atoms with Gasteiger partial charge in [-0.2, -0.15) is 0 Å². The van der Waals surface area contributed by atoms with Gasteiger partial charge in [0.15, 0.2) is 0 Å². The Morgan fingerprint density at radius 1 is 0.727 bits per heavy atom. The first-order chi connectivity index (χ1) is 10.6. The zero-order chi connectivity index (χ0) is 16.6. The van der Waals surface area contributed by atoms with Crippen LogP contribution in [0.2, 0.25) is 0 Å². The lowest BCUT2D eigenvalue weighted by atomic mass is 10.0. The minimum absolute atomic E-state index is 0.196. The predicted octanol–water partition coefficient (Wildman–Crippen LogP) is 4.97. The van der Waals surface area contributed by atoms with Crippen LogP contribution >= 0.6 is 0 Å². The van der Waals surface area contributed by atoms with Crippen molar-refractivity contribution in [2.75, 3.05) is 6.61 Å². The third kappa shape index (κ3) is 16.3. The quantitative estimate of drug-likeness (QED) is 0.312. The van der Waals surface area contributed by atoms with Gasteiger partial charge in [-0.25, -0.2) is 0 Å². The molecule has 0 aliphatic carbocycles. The standard InChI is InChI=1S/C19H42N2O/c1-4-18(14-15-19(20)21)22-16-12-10-8-6-5-7-9-11-13-17(2)3/h17-19H,4-16,20-21H2,1-3H3. The second-order valence-electron chi connectivity index (χ2n) is 7.15. The molecule has 0 aromatic heterocycles. The molecule has 0 aliphatic heterocycles. The molecule has 22 heavy (non-hydrogen) atoms. The maximum Gasteiger partial charge on any atom is 0.0573 e. The van der Waals surface area contributed by atoms with Crippen molar-refractivity contribution in [3.63, 3.8) is 0 Å². The van der Waals surface area contributed by atoms with E-state index in [0.29, 0.717) is 6.10 Å². The van der Waals surface area contributed by atoms with E-state index >= 15 is 0 Å². The summed E-state index contributed by atoms with van der Waals surface area (Å²) < 4.78 is 5.91. The van der Waals surface area contributed by atoms with Crippen LogP contribution in [0, 0.1) is 5.92 Å². The molecule has 0 bridgehead atoms. The summed E-state index contributed by atoms with van der Waals surface area (Å²) in [7, 11) is 0. The molecular weight excluding hydrogens is 272 g/mol. The van der Waals surface area contributed by atoms with E-state index in [2.05, 4.69) is 20.8 Å². The molecule has 0 rings (SSSR count).